The van der Waals surface area contributed by atoms with Gasteiger partial charge < -0.3 is 10.1 Å². The second-order valence-electron chi connectivity index (χ2n) is 7.15. The van der Waals surface area contributed by atoms with Crippen LogP contribution >= 0.6 is 0 Å². The first kappa shape index (κ1) is 19.7. The summed E-state index contributed by atoms with van der Waals surface area (Å²) in [6.45, 7) is 4.93. The number of amides is 1. The summed E-state index contributed by atoms with van der Waals surface area (Å²) in [6.07, 6.45) is 0. The summed E-state index contributed by atoms with van der Waals surface area (Å²) < 4.78 is 7.27. The SMILES string of the molecule is CCOc1ccc(CNC(=O)[C@H](C)n2nc(-c3ccccc3)c3ccccc32)cc1. The molecule has 3 aromatic carbocycles. The van der Waals surface area contributed by atoms with E-state index in [1.165, 1.54) is 0 Å². The van der Waals surface area contributed by atoms with Gasteiger partial charge in [0, 0.05) is 17.5 Å². The molecule has 0 aliphatic heterocycles. The molecule has 1 N–H and O–H groups in total. The van der Waals surface area contributed by atoms with Crippen LogP contribution in [0.5, 0.6) is 5.75 Å². The van der Waals surface area contributed by atoms with E-state index in [9.17, 15) is 4.79 Å². The van der Waals surface area contributed by atoms with Crippen LogP contribution in [0.3, 0.4) is 0 Å². The molecule has 1 heterocycles. The molecule has 0 radical (unpaired) electrons. The van der Waals surface area contributed by atoms with Crippen LogP contribution < -0.4 is 10.1 Å². The first-order chi connectivity index (χ1) is 14.7. The predicted molar refractivity (Wildman–Crippen MR) is 119 cm³/mol. The minimum absolute atomic E-state index is 0.0725. The Hall–Kier alpha value is -3.60. The number of rotatable bonds is 7. The molecule has 5 nitrogen and oxygen atoms in total. The van der Waals surface area contributed by atoms with Gasteiger partial charge >= 0.3 is 0 Å². The van der Waals surface area contributed by atoms with E-state index in [4.69, 9.17) is 9.84 Å². The van der Waals surface area contributed by atoms with Gasteiger partial charge in [-0.2, -0.15) is 5.10 Å². The van der Waals surface area contributed by atoms with Gasteiger partial charge in [0.2, 0.25) is 5.91 Å². The van der Waals surface area contributed by atoms with E-state index in [0.29, 0.717) is 13.2 Å². The van der Waals surface area contributed by atoms with Crippen LogP contribution in [0.15, 0.2) is 78.9 Å². The number of nitrogens with zero attached hydrogens (tertiary/aromatic N) is 2. The Bertz CT molecular complexity index is 1130. The van der Waals surface area contributed by atoms with Crippen LogP contribution in [0.25, 0.3) is 22.2 Å². The number of carbonyl (C=O) groups is 1. The molecule has 1 aromatic heterocycles. The van der Waals surface area contributed by atoms with Crippen molar-refractivity contribution in [3.63, 3.8) is 0 Å². The summed E-state index contributed by atoms with van der Waals surface area (Å²) in [5, 5.41) is 8.87. The first-order valence-corrected chi connectivity index (χ1v) is 10.2. The Balaban J connectivity index is 1.54. The zero-order chi connectivity index (χ0) is 20.9. The van der Waals surface area contributed by atoms with E-state index in [2.05, 4.69) is 5.32 Å². The molecule has 0 aliphatic rings. The molecule has 0 fully saturated rings. The van der Waals surface area contributed by atoms with Crippen molar-refractivity contribution in [2.45, 2.75) is 26.4 Å². The molecule has 0 bridgehead atoms. The average Bonchev–Trinajstić information content (AvgIpc) is 3.18. The van der Waals surface area contributed by atoms with Crippen molar-refractivity contribution >= 4 is 16.8 Å². The van der Waals surface area contributed by atoms with Gasteiger partial charge in [-0.3, -0.25) is 9.48 Å². The van der Waals surface area contributed by atoms with Crippen LogP contribution in [0.4, 0.5) is 0 Å². The minimum atomic E-state index is -0.435. The van der Waals surface area contributed by atoms with Gasteiger partial charge in [0.05, 0.1) is 12.1 Å². The third-order valence-electron chi connectivity index (χ3n) is 5.11. The first-order valence-electron chi connectivity index (χ1n) is 10.2. The highest BCUT2D eigenvalue weighted by Gasteiger charge is 2.20. The maximum atomic E-state index is 12.9. The Kier molecular flexibility index (Phi) is 5.80. The smallest absolute Gasteiger partial charge is 0.244 e. The van der Waals surface area contributed by atoms with Crippen molar-refractivity contribution in [1.82, 2.24) is 15.1 Å². The molecular formula is C25H25N3O2. The number of para-hydroxylation sites is 1. The highest BCUT2D eigenvalue weighted by Crippen LogP contribution is 2.29. The van der Waals surface area contributed by atoms with E-state index in [0.717, 1.165) is 33.5 Å². The quantitative estimate of drug-likeness (QED) is 0.477. The average molecular weight is 399 g/mol. The second-order valence-corrected chi connectivity index (χ2v) is 7.15. The third-order valence-corrected chi connectivity index (χ3v) is 5.11. The number of carbonyl (C=O) groups excluding carboxylic acids is 1. The monoisotopic (exact) mass is 399 g/mol. The summed E-state index contributed by atoms with van der Waals surface area (Å²) in [5.74, 6) is 0.758. The molecule has 4 rings (SSSR count). The fourth-order valence-electron chi connectivity index (χ4n) is 3.51. The van der Waals surface area contributed by atoms with Gasteiger partial charge in [-0.05, 0) is 37.6 Å². The van der Waals surface area contributed by atoms with Crippen LogP contribution in [0, 0.1) is 0 Å². The fraction of sp³-hybridized carbons (Fsp3) is 0.200. The number of aromatic nitrogens is 2. The second kappa shape index (κ2) is 8.82. The highest BCUT2D eigenvalue weighted by atomic mass is 16.5. The standard InChI is InChI=1S/C25H25N3O2/c1-3-30-21-15-13-19(14-16-21)17-26-25(29)18(2)28-23-12-8-7-11-22(23)24(27-28)20-9-5-4-6-10-20/h4-16,18H,3,17H2,1-2H3,(H,26,29)/t18-/m0/s1. The third kappa shape index (κ3) is 4.06. The maximum Gasteiger partial charge on any atom is 0.244 e. The maximum absolute atomic E-state index is 12.9. The molecule has 0 unspecified atom stereocenters. The molecular weight excluding hydrogens is 374 g/mol. The number of fused-ring (bicyclic) bond motifs is 1. The van der Waals surface area contributed by atoms with E-state index in [1.807, 2.05) is 97.4 Å². The summed E-state index contributed by atoms with van der Waals surface area (Å²) in [5.41, 5.74) is 3.89. The largest absolute Gasteiger partial charge is 0.494 e. The molecule has 30 heavy (non-hydrogen) atoms. The molecule has 1 atom stereocenters. The molecule has 0 saturated carbocycles. The molecule has 152 valence electrons. The lowest BCUT2D eigenvalue weighted by atomic mass is 10.1. The van der Waals surface area contributed by atoms with Gasteiger partial charge in [-0.1, -0.05) is 60.7 Å². The van der Waals surface area contributed by atoms with Crippen molar-refractivity contribution < 1.29 is 9.53 Å². The van der Waals surface area contributed by atoms with Crippen LogP contribution in [0.1, 0.15) is 25.5 Å². The molecule has 0 aliphatic carbocycles. The Morgan fingerprint density at radius 2 is 1.70 bits per heavy atom. The molecule has 5 heteroatoms. The number of benzene rings is 3. The molecule has 4 aromatic rings. The van der Waals surface area contributed by atoms with Crippen LogP contribution in [-0.4, -0.2) is 22.3 Å². The normalized spacial score (nSPS) is 11.9. The molecule has 0 spiro atoms. The molecule has 0 saturated heterocycles. The van der Waals surface area contributed by atoms with E-state index in [-0.39, 0.29) is 5.91 Å². The Morgan fingerprint density at radius 1 is 1.00 bits per heavy atom. The minimum Gasteiger partial charge on any atom is -0.494 e. The Labute approximate surface area is 176 Å². The van der Waals surface area contributed by atoms with E-state index < -0.39 is 6.04 Å². The van der Waals surface area contributed by atoms with Crippen LogP contribution in [-0.2, 0) is 11.3 Å². The fourth-order valence-corrected chi connectivity index (χ4v) is 3.51. The summed E-state index contributed by atoms with van der Waals surface area (Å²) in [7, 11) is 0. The predicted octanol–water partition coefficient (Wildman–Crippen LogP) is 4.98. The lowest BCUT2D eigenvalue weighted by Crippen LogP contribution is -2.31. The van der Waals surface area contributed by atoms with E-state index in [1.54, 1.807) is 0 Å². The van der Waals surface area contributed by atoms with Gasteiger partial charge in [0.1, 0.15) is 17.5 Å². The van der Waals surface area contributed by atoms with Crippen molar-refractivity contribution in [2.24, 2.45) is 0 Å². The lowest BCUT2D eigenvalue weighted by Gasteiger charge is -2.14. The van der Waals surface area contributed by atoms with Gasteiger partial charge in [0.15, 0.2) is 0 Å². The van der Waals surface area contributed by atoms with Gasteiger partial charge in [-0.25, -0.2) is 0 Å². The van der Waals surface area contributed by atoms with Crippen molar-refractivity contribution in [3.8, 4) is 17.0 Å². The summed E-state index contributed by atoms with van der Waals surface area (Å²) in [6, 6.07) is 25.4. The summed E-state index contributed by atoms with van der Waals surface area (Å²) >= 11 is 0. The zero-order valence-corrected chi connectivity index (χ0v) is 17.2. The molecule has 1 amide bonds. The van der Waals surface area contributed by atoms with Crippen molar-refractivity contribution in [3.05, 3.63) is 84.4 Å². The summed E-state index contributed by atoms with van der Waals surface area (Å²) in [4.78, 5) is 12.9. The number of hydrogen-bond donors (Lipinski definition) is 1. The lowest BCUT2D eigenvalue weighted by molar-refractivity contribution is -0.124. The Morgan fingerprint density at radius 3 is 2.43 bits per heavy atom. The number of nitrogens with one attached hydrogen (secondary N) is 1. The zero-order valence-electron chi connectivity index (χ0n) is 17.2. The van der Waals surface area contributed by atoms with Gasteiger partial charge in [0.25, 0.3) is 0 Å². The highest BCUT2D eigenvalue weighted by molar-refractivity contribution is 5.94. The van der Waals surface area contributed by atoms with Gasteiger partial charge in [-0.15, -0.1) is 0 Å². The topological polar surface area (TPSA) is 56.1 Å². The van der Waals surface area contributed by atoms with Crippen molar-refractivity contribution in [1.29, 1.82) is 0 Å². The van der Waals surface area contributed by atoms with E-state index >= 15 is 0 Å². The number of ether oxygens (including phenoxy) is 1. The van der Waals surface area contributed by atoms with Crippen LogP contribution in [0.2, 0.25) is 0 Å². The van der Waals surface area contributed by atoms with Crippen molar-refractivity contribution in [2.75, 3.05) is 6.61 Å². The number of hydrogen-bond acceptors (Lipinski definition) is 3.